The van der Waals surface area contributed by atoms with Crippen LogP contribution < -0.4 is 9.47 Å². The van der Waals surface area contributed by atoms with Gasteiger partial charge in [0.1, 0.15) is 17.8 Å². The molecule has 8 unspecified atom stereocenters. The maximum absolute atomic E-state index is 12.4. The minimum Gasteiger partial charge on any atom is -0.497 e. The summed E-state index contributed by atoms with van der Waals surface area (Å²) in [5.41, 5.74) is 2.16. The summed E-state index contributed by atoms with van der Waals surface area (Å²) in [5.74, 6) is 1.91. The maximum atomic E-state index is 12.4. The number of aldehydes is 1. The highest BCUT2D eigenvalue weighted by Crippen LogP contribution is 2.43. The van der Waals surface area contributed by atoms with Crippen LogP contribution in [0.25, 0.3) is 0 Å². The fourth-order valence-corrected chi connectivity index (χ4v) is 9.54. The van der Waals surface area contributed by atoms with Gasteiger partial charge in [0.2, 0.25) is 0 Å². The van der Waals surface area contributed by atoms with Crippen LogP contribution in [-0.4, -0.2) is 62.1 Å². The molecule has 8 atom stereocenters. The Labute approximate surface area is 326 Å². The first-order chi connectivity index (χ1) is 24.5. The van der Waals surface area contributed by atoms with Gasteiger partial charge >= 0.3 is 0 Å². The van der Waals surface area contributed by atoms with E-state index in [-0.39, 0.29) is 58.0 Å². The Morgan fingerprint density at radius 2 is 1.02 bits per heavy atom. The summed E-state index contributed by atoms with van der Waals surface area (Å²) >= 11 is 0. The van der Waals surface area contributed by atoms with Crippen LogP contribution in [0.5, 0.6) is 11.5 Å². The number of carbonyl (C=O) groups excluding carboxylic acids is 1. The van der Waals surface area contributed by atoms with Crippen LogP contribution >= 0.6 is 0 Å². The molecule has 302 valence electrons. The standard InChI is InChI=1S/C44H76O7Si2/c1-31(40(50-52(14,15)43(6,7)8)34(4)28-48-29-36-18-22-38(46-12)23-19-36)26-32(2)42(51-53(16,17)44(9,10)11)35(5)41(33(3)27-45)49-30-37-20-24-39(47-13)25-21-37/h18-25,27,31-35,40-42H,26,28-30H2,1-17H3. The average Bonchev–Trinajstić information content (AvgIpc) is 3.08. The van der Waals surface area contributed by atoms with Crippen LogP contribution in [-0.2, 0) is 36.3 Å². The van der Waals surface area contributed by atoms with Gasteiger partial charge in [-0.25, -0.2) is 0 Å². The summed E-state index contributed by atoms with van der Waals surface area (Å²) in [5, 5.41) is 0.0951. The first-order valence-corrected chi connectivity index (χ1v) is 25.6. The molecule has 9 heteroatoms. The van der Waals surface area contributed by atoms with E-state index in [9.17, 15) is 4.79 Å². The van der Waals surface area contributed by atoms with E-state index >= 15 is 0 Å². The Balaban J connectivity index is 2.41. The number of hydrogen-bond donors (Lipinski definition) is 0. The predicted molar refractivity (Wildman–Crippen MR) is 225 cm³/mol. The number of ether oxygens (including phenoxy) is 4. The van der Waals surface area contributed by atoms with Crippen LogP contribution in [0.1, 0.15) is 93.7 Å². The fraction of sp³-hybridized carbons (Fsp3) is 0.705. The topological polar surface area (TPSA) is 72.5 Å². The average molecular weight is 773 g/mol. The minimum atomic E-state index is -2.21. The van der Waals surface area contributed by atoms with Gasteiger partial charge in [0.05, 0.1) is 52.4 Å². The molecular weight excluding hydrogens is 697 g/mol. The van der Waals surface area contributed by atoms with Crippen molar-refractivity contribution in [3.63, 3.8) is 0 Å². The first-order valence-electron chi connectivity index (χ1n) is 19.7. The van der Waals surface area contributed by atoms with E-state index in [2.05, 4.69) is 108 Å². The molecule has 0 aromatic heterocycles. The molecule has 0 heterocycles. The number of methoxy groups -OCH3 is 2. The van der Waals surface area contributed by atoms with Crippen LogP contribution in [0, 0.1) is 29.6 Å². The second-order valence-corrected chi connectivity index (χ2v) is 28.2. The number of carbonyl (C=O) groups is 1. The molecule has 0 saturated heterocycles. The van der Waals surface area contributed by atoms with Crippen molar-refractivity contribution in [2.45, 2.75) is 150 Å². The minimum absolute atomic E-state index is 0.00838. The molecule has 2 aromatic rings. The van der Waals surface area contributed by atoms with Crippen molar-refractivity contribution in [1.29, 1.82) is 0 Å². The Morgan fingerprint density at radius 3 is 1.43 bits per heavy atom. The number of hydrogen-bond acceptors (Lipinski definition) is 7. The SMILES string of the molecule is COc1ccc(COCC(C)C(O[Si](C)(C)C(C)(C)C)C(C)CC(C)C(O[Si](C)(C)C(C)(C)C)C(C)C(OCc2ccc(OC)cc2)C(C)C=O)cc1. The highest BCUT2D eigenvalue weighted by atomic mass is 28.4. The van der Waals surface area contributed by atoms with Gasteiger partial charge < -0.3 is 32.6 Å². The van der Waals surface area contributed by atoms with Crippen molar-refractivity contribution in [2.75, 3.05) is 20.8 Å². The molecule has 0 saturated carbocycles. The Hall–Kier alpha value is -2.02. The van der Waals surface area contributed by atoms with E-state index in [4.69, 9.17) is 27.8 Å². The molecule has 0 amide bonds. The van der Waals surface area contributed by atoms with Crippen molar-refractivity contribution in [3.05, 3.63) is 59.7 Å². The highest BCUT2D eigenvalue weighted by molar-refractivity contribution is 6.74. The van der Waals surface area contributed by atoms with Gasteiger partial charge in [-0.2, -0.15) is 0 Å². The lowest BCUT2D eigenvalue weighted by molar-refractivity contribution is -0.122. The summed E-state index contributed by atoms with van der Waals surface area (Å²) in [4.78, 5) is 12.4. The molecule has 0 radical (unpaired) electrons. The summed E-state index contributed by atoms with van der Waals surface area (Å²) < 4.78 is 38.3. The van der Waals surface area contributed by atoms with Gasteiger partial charge in [-0.1, -0.05) is 100 Å². The summed E-state index contributed by atoms with van der Waals surface area (Å²) in [6.07, 6.45) is 1.52. The van der Waals surface area contributed by atoms with Crippen molar-refractivity contribution in [3.8, 4) is 11.5 Å². The molecule has 53 heavy (non-hydrogen) atoms. The van der Waals surface area contributed by atoms with Gasteiger partial charge in [0.15, 0.2) is 16.6 Å². The van der Waals surface area contributed by atoms with Crippen LogP contribution in [0.15, 0.2) is 48.5 Å². The third kappa shape index (κ3) is 13.9. The Bertz CT molecular complexity index is 1350. The summed E-state index contributed by atoms with van der Waals surface area (Å²) in [7, 11) is -0.980. The van der Waals surface area contributed by atoms with Crippen LogP contribution in [0.2, 0.25) is 36.3 Å². The summed E-state index contributed by atoms with van der Waals surface area (Å²) in [6.45, 7) is 35.8. The van der Waals surface area contributed by atoms with Gasteiger partial charge in [-0.05, 0) is 89.9 Å². The summed E-state index contributed by atoms with van der Waals surface area (Å²) in [6, 6.07) is 16.0. The van der Waals surface area contributed by atoms with Crippen molar-refractivity contribution < 1.29 is 32.6 Å². The molecule has 2 aromatic carbocycles. The molecule has 0 bridgehead atoms. The largest absolute Gasteiger partial charge is 0.497 e. The van der Waals surface area contributed by atoms with Crippen LogP contribution in [0.3, 0.4) is 0 Å². The van der Waals surface area contributed by atoms with Crippen molar-refractivity contribution in [2.24, 2.45) is 29.6 Å². The zero-order valence-electron chi connectivity index (χ0n) is 36.5. The van der Waals surface area contributed by atoms with E-state index in [1.165, 1.54) is 0 Å². The van der Waals surface area contributed by atoms with Gasteiger partial charge in [-0.3, -0.25) is 0 Å². The van der Waals surface area contributed by atoms with Crippen molar-refractivity contribution >= 4 is 22.9 Å². The zero-order valence-corrected chi connectivity index (χ0v) is 38.5. The zero-order chi connectivity index (χ0) is 40.4. The Morgan fingerprint density at radius 1 is 0.604 bits per heavy atom. The maximum Gasteiger partial charge on any atom is 0.192 e. The lowest BCUT2D eigenvalue weighted by Gasteiger charge is -2.46. The third-order valence-electron chi connectivity index (χ3n) is 12.1. The quantitative estimate of drug-likeness (QED) is 0.0871. The van der Waals surface area contributed by atoms with E-state index < -0.39 is 16.6 Å². The fourth-order valence-electron chi connectivity index (χ4n) is 6.56. The predicted octanol–water partition coefficient (Wildman–Crippen LogP) is 11.4. The van der Waals surface area contributed by atoms with Crippen LogP contribution in [0.4, 0.5) is 0 Å². The molecule has 0 fully saturated rings. The van der Waals surface area contributed by atoms with E-state index in [0.717, 1.165) is 35.3 Å². The van der Waals surface area contributed by atoms with E-state index in [0.29, 0.717) is 19.8 Å². The normalized spacial score (nSPS) is 17.6. The van der Waals surface area contributed by atoms with Gasteiger partial charge in [-0.15, -0.1) is 0 Å². The molecule has 0 spiro atoms. The first kappa shape index (κ1) is 47.1. The number of rotatable bonds is 22. The molecular formula is C44H76O7Si2. The van der Waals surface area contributed by atoms with Gasteiger partial charge in [0.25, 0.3) is 0 Å². The van der Waals surface area contributed by atoms with E-state index in [1.54, 1.807) is 14.2 Å². The second-order valence-electron chi connectivity index (χ2n) is 18.7. The second kappa shape index (κ2) is 20.2. The number of benzene rings is 2. The third-order valence-corrected chi connectivity index (χ3v) is 21.0. The molecule has 2 rings (SSSR count). The lowest BCUT2D eigenvalue weighted by Crippen LogP contribution is -2.51. The monoisotopic (exact) mass is 773 g/mol. The lowest BCUT2D eigenvalue weighted by atomic mass is 9.79. The Kier molecular flexibility index (Phi) is 18.0. The van der Waals surface area contributed by atoms with Crippen molar-refractivity contribution in [1.82, 2.24) is 0 Å². The highest BCUT2D eigenvalue weighted by Gasteiger charge is 2.45. The molecule has 0 aliphatic heterocycles. The molecule has 7 nitrogen and oxygen atoms in total. The van der Waals surface area contributed by atoms with E-state index in [1.807, 2.05) is 43.3 Å². The molecule has 0 aliphatic carbocycles. The van der Waals surface area contributed by atoms with Gasteiger partial charge in [0, 0.05) is 17.8 Å². The molecule has 0 N–H and O–H groups in total. The smallest absolute Gasteiger partial charge is 0.192 e. The molecule has 0 aliphatic rings.